The average Bonchev–Trinajstić information content (AvgIpc) is 3.02. The number of amides is 1. The van der Waals surface area contributed by atoms with E-state index < -0.39 is 0 Å². The lowest BCUT2D eigenvalue weighted by Gasteiger charge is -2.27. The van der Waals surface area contributed by atoms with E-state index in [1.807, 2.05) is 0 Å². The summed E-state index contributed by atoms with van der Waals surface area (Å²) >= 11 is 1.41. The van der Waals surface area contributed by atoms with Gasteiger partial charge in [-0.2, -0.15) is 0 Å². The van der Waals surface area contributed by atoms with Crippen molar-refractivity contribution in [2.45, 2.75) is 38.6 Å². The van der Waals surface area contributed by atoms with Gasteiger partial charge in [-0.3, -0.25) is 4.79 Å². The third kappa shape index (κ3) is 3.46. The zero-order valence-electron chi connectivity index (χ0n) is 13.8. The van der Waals surface area contributed by atoms with E-state index in [1.54, 1.807) is 5.51 Å². The highest BCUT2D eigenvalue weighted by molar-refractivity contribution is 7.11. The summed E-state index contributed by atoms with van der Waals surface area (Å²) in [7, 11) is 0. The zero-order chi connectivity index (χ0) is 16.4. The highest BCUT2D eigenvalue weighted by Crippen LogP contribution is 2.27. The van der Waals surface area contributed by atoms with Gasteiger partial charge >= 0.3 is 0 Å². The van der Waals surface area contributed by atoms with Crippen molar-refractivity contribution >= 4 is 17.2 Å². The molecule has 1 aromatic carbocycles. The quantitative estimate of drug-likeness (QED) is 0.910. The SMILES string of the molecule is CC(C)(C)c1ncsc1C(=O)NCC1NCCc2ccccc21. The van der Waals surface area contributed by atoms with Crippen LogP contribution in [0.15, 0.2) is 29.8 Å². The van der Waals surface area contributed by atoms with E-state index in [4.69, 9.17) is 0 Å². The van der Waals surface area contributed by atoms with Gasteiger partial charge in [-0.1, -0.05) is 45.0 Å². The maximum Gasteiger partial charge on any atom is 0.263 e. The molecule has 0 saturated heterocycles. The van der Waals surface area contributed by atoms with E-state index in [0.29, 0.717) is 6.54 Å². The second-order valence-corrected chi connectivity index (χ2v) is 7.80. The molecule has 4 nitrogen and oxygen atoms in total. The predicted molar refractivity (Wildman–Crippen MR) is 94.0 cm³/mol. The number of hydrogen-bond acceptors (Lipinski definition) is 4. The molecule has 122 valence electrons. The molecule has 0 radical (unpaired) electrons. The summed E-state index contributed by atoms with van der Waals surface area (Å²) in [6, 6.07) is 8.63. The van der Waals surface area contributed by atoms with Crippen LogP contribution in [0, 0.1) is 0 Å². The lowest BCUT2D eigenvalue weighted by Crippen LogP contribution is -2.39. The number of aromatic nitrogens is 1. The fraction of sp³-hybridized carbons (Fsp3) is 0.444. The van der Waals surface area contributed by atoms with Crippen LogP contribution in [0.3, 0.4) is 0 Å². The predicted octanol–water partition coefficient (Wildman–Crippen LogP) is 3.06. The number of rotatable bonds is 3. The van der Waals surface area contributed by atoms with Crippen molar-refractivity contribution in [2.24, 2.45) is 0 Å². The Hall–Kier alpha value is -1.72. The summed E-state index contributed by atoms with van der Waals surface area (Å²) in [5, 5.41) is 6.57. The molecule has 23 heavy (non-hydrogen) atoms. The van der Waals surface area contributed by atoms with E-state index in [2.05, 4.69) is 60.7 Å². The summed E-state index contributed by atoms with van der Waals surface area (Å²) in [4.78, 5) is 17.7. The molecule has 1 amide bonds. The van der Waals surface area contributed by atoms with Crippen LogP contribution >= 0.6 is 11.3 Å². The molecule has 2 aromatic rings. The van der Waals surface area contributed by atoms with Crippen molar-refractivity contribution in [3.63, 3.8) is 0 Å². The molecular formula is C18H23N3OS. The van der Waals surface area contributed by atoms with Crippen LogP contribution in [0.2, 0.25) is 0 Å². The largest absolute Gasteiger partial charge is 0.349 e. The van der Waals surface area contributed by atoms with Gasteiger partial charge in [-0.25, -0.2) is 4.98 Å². The molecule has 1 atom stereocenters. The fourth-order valence-electron chi connectivity index (χ4n) is 2.99. The topological polar surface area (TPSA) is 54.0 Å². The molecule has 0 saturated carbocycles. The molecule has 0 aliphatic carbocycles. The first-order valence-electron chi connectivity index (χ1n) is 8.00. The van der Waals surface area contributed by atoms with Crippen molar-refractivity contribution < 1.29 is 4.79 Å². The fourth-order valence-corrected chi connectivity index (χ4v) is 3.90. The molecule has 0 spiro atoms. The maximum atomic E-state index is 12.6. The molecule has 0 fully saturated rings. The van der Waals surface area contributed by atoms with Crippen LogP contribution < -0.4 is 10.6 Å². The normalized spacial score (nSPS) is 17.6. The van der Waals surface area contributed by atoms with Crippen LogP contribution in [0.1, 0.15) is 53.3 Å². The van der Waals surface area contributed by atoms with Crippen LogP contribution in [-0.4, -0.2) is 24.0 Å². The van der Waals surface area contributed by atoms with E-state index in [-0.39, 0.29) is 17.4 Å². The van der Waals surface area contributed by atoms with Gasteiger partial charge in [0.05, 0.1) is 11.2 Å². The van der Waals surface area contributed by atoms with E-state index >= 15 is 0 Å². The van der Waals surface area contributed by atoms with Crippen molar-refractivity contribution in [1.82, 2.24) is 15.6 Å². The second-order valence-electron chi connectivity index (χ2n) is 6.95. The van der Waals surface area contributed by atoms with Crippen molar-refractivity contribution in [3.8, 4) is 0 Å². The summed E-state index contributed by atoms with van der Waals surface area (Å²) in [5.41, 5.74) is 5.17. The smallest absolute Gasteiger partial charge is 0.263 e. The monoisotopic (exact) mass is 329 g/mol. The van der Waals surface area contributed by atoms with Gasteiger partial charge < -0.3 is 10.6 Å². The summed E-state index contributed by atoms with van der Waals surface area (Å²) in [6.45, 7) is 7.79. The number of thiazole rings is 1. The molecule has 1 aliphatic rings. The number of carbonyl (C=O) groups excluding carboxylic acids is 1. The van der Waals surface area contributed by atoms with Crippen LogP contribution in [0.25, 0.3) is 0 Å². The third-order valence-corrected chi connectivity index (χ3v) is 4.99. The van der Waals surface area contributed by atoms with Gasteiger partial charge in [0.25, 0.3) is 5.91 Å². The number of carbonyl (C=O) groups is 1. The van der Waals surface area contributed by atoms with Crippen molar-refractivity contribution in [3.05, 3.63) is 51.5 Å². The first kappa shape index (κ1) is 16.1. The molecule has 3 rings (SSSR count). The Kier molecular flexibility index (Phi) is 4.50. The maximum absolute atomic E-state index is 12.6. The lowest BCUT2D eigenvalue weighted by molar-refractivity contribution is 0.0951. The van der Waals surface area contributed by atoms with Gasteiger partial charge in [0.15, 0.2) is 0 Å². The number of nitrogens with zero attached hydrogens (tertiary/aromatic N) is 1. The Bertz CT molecular complexity index is 702. The van der Waals surface area contributed by atoms with Crippen LogP contribution in [0.4, 0.5) is 0 Å². The minimum Gasteiger partial charge on any atom is -0.349 e. The molecule has 1 aromatic heterocycles. The Morgan fingerprint density at radius 1 is 1.39 bits per heavy atom. The highest BCUT2D eigenvalue weighted by Gasteiger charge is 2.26. The molecule has 5 heteroatoms. The minimum absolute atomic E-state index is 0.0257. The second kappa shape index (κ2) is 6.42. The van der Waals surface area contributed by atoms with E-state index in [9.17, 15) is 4.79 Å². The molecule has 1 unspecified atom stereocenters. The summed E-state index contributed by atoms with van der Waals surface area (Å²) in [5.74, 6) is -0.0257. The lowest BCUT2D eigenvalue weighted by atomic mass is 9.91. The molecular weight excluding hydrogens is 306 g/mol. The average molecular weight is 329 g/mol. The Balaban J connectivity index is 1.70. The Morgan fingerprint density at radius 2 is 2.17 bits per heavy atom. The number of nitrogens with one attached hydrogen (secondary N) is 2. The summed E-state index contributed by atoms with van der Waals surface area (Å²) < 4.78 is 0. The molecule has 2 N–H and O–H groups in total. The highest BCUT2D eigenvalue weighted by atomic mass is 32.1. The molecule has 2 heterocycles. The standard InChI is InChI=1S/C18H23N3OS/c1-18(2,3)16-15(23-11-21-16)17(22)20-10-14-13-7-5-4-6-12(13)8-9-19-14/h4-7,11,14,19H,8-10H2,1-3H3,(H,20,22). The molecule has 1 aliphatic heterocycles. The first-order valence-corrected chi connectivity index (χ1v) is 8.88. The first-order chi connectivity index (χ1) is 11.0. The number of benzene rings is 1. The van der Waals surface area contributed by atoms with Crippen molar-refractivity contribution in [2.75, 3.05) is 13.1 Å². The Morgan fingerprint density at radius 3 is 2.96 bits per heavy atom. The minimum atomic E-state index is -0.123. The third-order valence-electron chi connectivity index (χ3n) is 4.17. The Labute approximate surface area is 141 Å². The summed E-state index contributed by atoms with van der Waals surface area (Å²) in [6.07, 6.45) is 1.05. The van der Waals surface area contributed by atoms with Gasteiger partial charge in [0.1, 0.15) is 4.88 Å². The van der Waals surface area contributed by atoms with Crippen LogP contribution in [-0.2, 0) is 11.8 Å². The van der Waals surface area contributed by atoms with Gasteiger partial charge in [0, 0.05) is 18.0 Å². The van der Waals surface area contributed by atoms with Gasteiger partial charge in [-0.15, -0.1) is 11.3 Å². The van der Waals surface area contributed by atoms with Gasteiger partial charge in [0.2, 0.25) is 0 Å². The van der Waals surface area contributed by atoms with E-state index in [0.717, 1.165) is 23.5 Å². The van der Waals surface area contributed by atoms with Gasteiger partial charge in [-0.05, 0) is 24.1 Å². The number of hydrogen-bond donors (Lipinski definition) is 2. The molecule has 0 bridgehead atoms. The number of fused-ring (bicyclic) bond motifs is 1. The van der Waals surface area contributed by atoms with Crippen LogP contribution in [0.5, 0.6) is 0 Å². The van der Waals surface area contributed by atoms with Crippen molar-refractivity contribution in [1.29, 1.82) is 0 Å². The zero-order valence-corrected chi connectivity index (χ0v) is 14.7. The van der Waals surface area contributed by atoms with E-state index in [1.165, 1.54) is 22.5 Å².